The van der Waals surface area contributed by atoms with Crippen LogP contribution in [0.5, 0.6) is 0 Å². The summed E-state index contributed by atoms with van der Waals surface area (Å²) >= 11 is 5.68. The number of halogens is 1. The molecular weight excluding hydrogens is 226 g/mol. The van der Waals surface area contributed by atoms with E-state index < -0.39 is 0 Å². The standard InChI is InChI=1S/C11H10ClN3O/c1-8-2-5-11(16)15(14-8)7-9-3-4-10(12)13-6-9/h2-6H,7H2,1H3. The predicted molar refractivity (Wildman–Crippen MR) is 61.6 cm³/mol. The molecule has 0 atom stereocenters. The fourth-order valence-electron chi connectivity index (χ4n) is 1.34. The van der Waals surface area contributed by atoms with Crippen LogP contribution in [0.25, 0.3) is 0 Å². The molecule has 0 spiro atoms. The lowest BCUT2D eigenvalue weighted by Gasteiger charge is -2.04. The Labute approximate surface area is 97.5 Å². The second-order valence-corrected chi connectivity index (χ2v) is 3.85. The molecule has 2 aromatic heterocycles. The van der Waals surface area contributed by atoms with Gasteiger partial charge in [0.05, 0.1) is 12.2 Å². The first kappa shape index (κ1) is 10.8. The first-order valence-electron chi connectivity index (χ1n) is 4.80. The van der Waals surface area contributed by atoms with E-state index in [0.717, 1.165) is 11.3 Å². The van der Waals surface area contributed by atoms with Gasteiger partial charge in [-0.1, -0.05) is 17.7 Å². The van der Waals surface area contributed by atoms with Gasteiger partial charge < -0.3 is 0 Å². The van der Waals surface area contributed by atoms with Crippen LogP contribution in [0.1, 0.15) is 11.3 Å². The van der Waals surface area contributed by atoms with Crippen LogP contribution in [0.2, 0.25) is 5.15 Å². The maximum absolute atomic E-state index is 11.5. The lowest BCUT2D eigenvalue weighted by molar-refractivity contribution is 0.627. The van der Waals surface area contributed by atoms with E-state index in [9.17, 15) is 4.79 Å². The number of hydrogen-bond acceptors (Lipinski definition) is 3. The minimum atomic E-state index is -0.124. The predicted octanol–water partition coefficient (Wildman–Crippen LogP) is 1.65. The quantitative estimate of drug-likeness (QED) is 0.744. The molecule has 0 radical (unpaired) electrons. The van der Waals surface area contributed by atoms with Crippen molar-refractivity contribution in [1.29, 1.82) is 0 Å². The molecular formula is C11H10ClN3O. The zero-order valence-electron chi connectivity index (χ0n) is 8.72. The summed E-state index contributed by atoms with van der Waals surface area (Å²) in [5, 5.41) is 4.57. The van der Waals surface area contributed by atoms with Gasteiger partial charge in [-0.05, 0) is 24.6 Å². The Bertz CT molecular complexity index is 548. The molecule has 2 aromatic rings. The van der Waals surface area contributed by atoms with Crippen LogP contribution in [0.4, 0.5) is 0 Å². The Morgan fingerprint density at radius 1 is 1.31 bits per heavy atom. The molecule has 0 aromatic carbocycles. The fraction of sp³-hybridized carbons (Fsp3) is 0.182. The molecule has 0 fully saturated rings. The average Bonchev–Trinajstić information content (AvgIpc) is 2.27. The molecule has 4 nitrogen and oxygen atoms in total. The number of pyridine rings is 1. The minimum Gasteiger partial charge on any atom is -0.268 e. The Hall–Kier alpha value is -1.68. The van der Waals surface area contributed by atoms with Gasteiger partial charge in [0.15, 0.2) is 0 Å². The van der Waals surface area contributed by atoms with E-state index in [4.69, 9.17) is 11.6 Å². The molecule has 0 bridgehead atoms. The Morgan fingerprint density at radius 2 is 2.12 bits per heavy atom. The van der Waals surface area contributed by atoms with Gasteiger partial charge in [0.1, 0.15) is 5.15 Å². The van der Waals surface area contributed by atoms with E-state index in [1.54, 1.807) is 18.3 Å². The molecule has 0 saturated heterocycles. The summed E-state index contributed by atoms with van der Waals surface area (Å²) < 4.78 is 1.40. The third-order valence-corrected chi connectivity index (χ3v) is 2.34. The molecule has 2 rings (SSSR count). The number of aryl methyl sites for hydroxylation is 1. The van der Waals surface area contributed by atoms with E-state index in [1.165, 1.54) is 10.7 Å². The SMILES string of the molecule is Cc1ccc(=O)n(Cc2ccc(Cl)nc2)n1. The van der Waals surface area contributed by atoms with Crippen LogP contribution >= 0.6 is 11.6 Å². The van der Waals surface area contributed by atoms with Gasteiger partial charge in [-0.25, -0.2) is 9.67 Å². The third-order valence-electron chi connectivity index (χ3n) is 2.12. The van der Waals surface area contributed by atoms with Gasteiger partial charge >= 0.3 is 0 Å². The van der Waals surface area contributed by atoms with E-state index in [-0.39, 0.29) is 5.56 Å². The van der Waals surface area contributed by atoms with Crippen LogP contribution in [0.15, 0.2) is 35.3 Å². The molecule has 0 N–H and O–H groups in total. The van der Waals surface area contributed by atoms with Gasteiger partial charge in [-0.3, -0.25) is 4.79 Å². The maximum atomic E-state index is 11.5. The summed E-state index contributed by atoms with van der Waals surface area (Å²) in [7, 11) is 0. The van der Waals surface area contributed by atoms with Crippen LogP contribution in [0.3, 0.4) is 0 Å². The van der Waals surface area contributed by atoms with Gasteiger partial charge in [-0.15, -0.1) is 0 Å². The van der Waals surface area contributed by atoms with Crippen molar-refractivity contribution in [3.8, 4) is 0 Å². The van der Waals surface area contributed by atoms with Gasteiger partial charge in [0.2, 0.25) is 0 Å². The van der Waals surface area contributed by atoms with Gasteiger partial charge in [-0.2, -0.15) is 5.10 Å². The molecule has 5 heteroatoms. The molecule has 0 amide bonds. The number of rotatable bonds is 2. The first-order valence-corrected chi connectivity index (χ1v) is 5.18. The molecule has 0 aliphatic rings. The largest absolute Gasteiger partial charge is 0.268 e. The molecule has 0 saturated carbocycles. The zero-order chi connectivity index (χ0) is 11.5. The lowest BCUT2D eigenvalue weighted by atomic mass is 10.3. The Morgan fingerprint density at radius 3 is 2.81 bits per heavy atom. The fourth-order valence-corrected chi connectivity index (χ4v) is 1.45. The van der Waals surface area contributed by atoms with Crippen molar-refractivity contribution < 1.29 is 0 Å². The van der Waals surface area contributed by atoms with Crippen molar-refractivity contribution in [3.05, 3.63) is 57.2 Å². The summed E-state index contributed by atoms with van der Waals surface area (Å²) in [4.78, 5) is 15.4. The second-order valence-electron chi connectivity index (χ2n) is 3.46. The van der Waals surface area contributed by atoms with Crippen LogP contribution in [-0.2, 0) is 6.54 Å². The maximum Gasteiger partial charge on any atom is 0.267 e. The van der Waals surface area contributed by atoms with Crippen molar-refractivity contribution in [3.63, 3.8) is 0 Å². The van der Waals surface area contributed by atoms with Gasteiger partial charge in [0.25, 0.3) is 5.56 Å². The first-order chi connectivity index (χ1) is 7.65. The second kappa shape index (κ2) is 4.45. The molecule has 16 heavy (non-hydrogen) atoms. The summed E-state index contributed by atoms with van der Waals surface area (Å²) in [5.74, 6) is 0. The minimum absolute atomic E-state index is 0.124. The summed E-state index contributed by atoms with van der Waals surface area (Å²) in [6, 6.07) is 6.72. The summed E-state index contributed by atoms with van der Waals surface area (Å²) in [5.41, 5.74) is 1.58. The molecule has 2 heterocycles. The van der Waals surface area contributed by atoms with Crippen LogP contribution in [0, 0.1) is 6.92 Å². The van der Waals surface area contributed by atoms with Gasteiger partial charge in [0, 0.05) is 12.3 Å². The van der Waals surface area contributed by atoms with Crippen molar-refractivity contribution in [2.24, 2.45) is 0 Å². The third kappa shape index (κ3) is 2.46. The number of aromatic nitrogens is 3. The highest BCUT2D eigenvalue weighted by Gasteiger charge is 2.00. The van der Waals surface area contributed by atoms with Crippen molar-refractivity contribution in [2.75, 3.05) is 0 Å². The van der Waals surface area contributed by atoms with Crippen LogP contribution in [-0.4, -0.2) is 14.8 Å². The Balaban J connectivity index is 2.30. The topological polar surface area (TPSA) is 47.8 Å². The van der Waals surface area contributed by atoms with E-state index in [1.807, 2.05) is 13.0 Å². The van der Waals surface area contributed by atoms with E-state index in [0.29, 0.717) is 11.7 Å². The smallest absolute Gasteiger partial charge is 0.267 e. The van der Waals surface area contributed by atoms with E-state index in [2.05, 4.69) is 10.1 Å². The highest BCUT2D eigenvalue weighted by atomic mass is 35.5. The average molecular weight is 236 g/mol. The monoisotopic (exact) mass is 235 g/mol. The number of nitrogens with zero attached hydrogens (tertiary/aromatic N) is 3. The van der Waals surface area contributed by atoms with Crippen LogP contribution < -0.4 is 5.56 Å². The Kier molecular flexibility index (Phi) is 3.01. The van der Waals surface area contributed by atoms with E-state index >= 15 is 0 Å². The summed E-state index contributed by atoms with van der Waals surface area (Å²) in [6.07, 6.45) is 1.64. The highest BCUT2D eigenvalue weighted by Crippen LogP contribution is 2.05. The zero-order valence-corrected chi connectivity index (χ0v) is 9.48. The molecule has 0 aliphatic heterocycles. The lowest BCUT2D eigenvalue weighted by Crippen LogP contribution is -2.22. The van der Waals surface area contributed by atoms with Crippen molar-refractivity contribution in [1.82, 2.24) is 14.8 Å². The highest BCUT2D eigenvalue weighted by molar-refractivity contribution is 6.29. The normalized spacial score (nSPS) is 10.4. The molecule has 0 unspecified atom stereocenters. The van der Waals surface area contributed by atoms with Crippen molar-refractivity contribution in [2.45, 2.75) is 13.5 Å². The molecule has 0 aliphatic carbocycles. The van der Waals surface area contributed by atoms with Crippen molar-refractivity contribution >= 4 is 11.6 Å². The number of hydrogen-bond donors (Lipinski definition) is 0. The summed E-state index contributed by atoms with van der Waals surface area (Å²) in [6.45, 7) is 2.25. The molecule has 82 valence electrons.